The molecule has 0 bridgehead atoms. The zero-order valence-electron chi connectivity index (χ0n) is 12.7. The number of phenolic OH excluding ortho intramolecular Hbond substituents is 2. The molecule has 0 aliphatic heterocycles. The van der Waals surface area contributed by atoms with Crippen LogP contribution >= 0.6 is 0 Å². The van der Waals surface area contributed by atoms with Gasteiger partial charge in [0.25, 0.3) is 0 Å². The second-order valence-corrected chi connectivity index (χ2v) is 7.21. The quantitative estimate of drug-likeness (QED) is 0.756. The maximum absolute atomic E-state index is 11.3. The van der Waals surface area contributed by atoms with Crippen LogP contribution in [0.15, 0.2) is 30.3 Å². The molecule has 0 radical (unpaired) electrons. The highest BCUT2D eigenvalue weighted by Crippen LogP contribution is 2.28. The summed E-state index contributed by atoms with van der Waals surface area (Å²) in [7, 11) is -3.45. The van der Waals surface area contributed by atoms with Gasteiger partial charge in [-0.25, -0.2) is 8.42 Å². The van der Waals surface area contributed by atoms with Gasteiger partial charge in [0.1, 0.15) is 11.5 Å². The summed E-state index contributed by atoms with van der Waals surface area (Å²) in [5, 5.41) is 19.3. The van der Waals surface area contributed by atoms with E-state index in [9.17, 15) is 18.6 Å². The third-order valence-electron chi connectivity index (χ3n) is 3.42. The van der Waals surface area contributed by atoms with Crippen LogP contribution in [0.25, 0.3) is 0 Å². The van der Waals surface area contributed by atoms with Crippen molar-refractivity contribution in [1.82, 2.24) is 0 Å². The van der Waals surface area contributed by atoms with Crippen molar-refractivity contribution in [2.24, 2.45) is 0 Å². The molecule has 0 aromatic heterocycles. The first kappa shape index (κ1) is 16.2. The number of aryl methyl sites for hydroxylation is 2. The molecule has 0 amide bonds. The zero-order chi connectivity index (χ0) is 16.5. The molecule has 2 aromatic rings. The molecular weight excluding hydrogens is 302 g/mol. The van der Waals surface area contributed by atoms with E-state index in [2.05, 4.69) is 4.72 Å². The maximum atomic E-state index is 11.3. The van der Waals surface area contributed by atoms with Crippen LogP contribution in [-0.4, -0.2) is 24.9 Å². The number of nitrogens with one attached hydrogen (secondary N) is 1. The van der Waals surface area contributed by atoms with E-state index in [1.165, 1.54) is 6.07 Å². The molecule has 2 aromatic carbocycles. The second kappa shape index (κ2) is 5.88. The maximum Gasteiger partial charge on any atom is 0.229 e. The number of hydrogen-bond donors (Lipinski definition) is 3. The molecule has 118 valence electrons. The fourth-order valence-electron chi connectivity index (χ4n) is 2.43. The molecule has 0 atom stereocenters. The third-order valence-corrected chi connectivity index (χ3v) is 4.01. The van der Waals surface area contributed by atoms with E-state index in [0.29, 0.717) is 6.42 Å². The summed E-state index contributed by atoms with van der Waals surface area (Å²) >= 11 is 0. The summed E-state index contributed by atoms with van der Waals surface area (Å²) in [5.41, 5.74) is 4.01. The van der Waals surface area contributed by atoms with Crippen LogP contribution in [0.1, 0.15) is 22.3 Å². The number of benzene rings is 2. The SMILES string of the molecule is Cc1cc(O)cc(C)c1Cc1ccc(O)c(NS(C)(=O)=O)c1. The molecule has 0 saturated carbocycles. The Kier molecular flexibility index (Phi) is 4.32. The summed E-state index contributed by atoms with van der Waals surface area (Å²) in [6.45, 7) is 3.83. The summed E-state index contributed by atoms with van der Waals surface area (Å²) in [6, 6.07) is 8.21. The first-order valence-electron chi connectivity index (χ1n) is 6.74. The molecule has 5 nitrogen and oxygen atoms in total. The summed E-state index contributed by atoms with van der Waals surface area (Å²) in [5.74, 6) is 0.109. The predicted octanol–water partition coefficient (Wildman–Crippen LogP) is 2.68. The van der Waals surface area contributed by atoms with Gasteiger partial charge >= 0.3 is 0 Å². The van der Waals surface area contributed by atoms with Gasteiger partial charge in [0.2, 0.25) is 10.0 Å². The Hall–Kier alpha value is -2.21. The van der Waals surface area contributed by atoms with Gasteiger partial charge in [-0.15, -0.1) is 0 Å². The first-order chi connectivity index (χ1) is 10.2. The highest BCUT2D eigenvalue weighted by molar-refractivity contribution is 7.92. The van der Waals surface area contributed by atoms with Gasteiger partial charge in [0, 0.05) is 0 Å². The van der Waals surface area contributed by atoms with Crippen LogP contribution in [0.4, 0.5) is 5.69 Å². The first-order valence-corrected chi connectivity index (χ1v) is 8.63. The predicted molar refractivity (Wildman–Crippen MR) is 87.0 cm³/mol. The van der Waals surface area contributed by atoms with Crippen LogP contribution < -0.4 is 4.72 Å². The number of hydrogen-bond acceptors (Lipinski definition) is 4. The van der Waals surface area contributed by atoms with Crippen molar-refractivity contribution in [1.29, 1.82) is 0 Å². The average molecular weight is 321 g/mol. The van der Waals surface area contributed by atoms with Crippen molar-refractivity contribution >= 4 is 15.7 Å². The molecule has 0 fully saturated rings. The minimum absolute atomic E-state index is 0.117. The molecule has 0 unspecified atom stereocenters. The summed E-state index contributed by atoms with van der Waals surface area (Å²) in [6.07, 6.45) is 1.62. The lowest BCUT2D eigenvalue weighted by atomic mass is 9.95. The van der Waals surface area contributed by atoms with Crippen LogP contribution in [0.2, 0.25) is 0 Å². The Morgan fingerprint density at radius 3 is 2.18 bits per heavy atom. The zero-order valence-corrected chi connectivity index (χ0v) is 13.5. The Morgan fingerprint density at radius 2 is 1.64 bits per heavy atom. The number of aromatic hydroxyl groups is 2. The Morgan fingerprint density at radius 1 is 1.05 bits per heavy atom. The highest BCUT2D eigenvalue weighted by atomic mass is 32.2. The smallest absolute Gasteiger partial charge is 0.229 e. The molecule has 0 spiro atoms. The van der Waals surface area contributed by atoms with E-state index in [0.717, 1.165) is 28.5 Å². The number of sulfonamides is 1. The summed E-state index contributed by atoms with van der Waals surface area (Å²) < 4.78 is 24.9. The molecule has 22 heavy (non-hydrogen) atoms. The van der Waals surface area contributed by atoms with E-state index < -0.39 is 10.0 Å². The fraction of sp³-hybridized carbons (Fsp3) is 0.250. The molecule has 0 aliphatic carbocycles. The molecular formula is C16H19NO4S. The summed E-state index contributed by atoms with van der Waals surface area (Å²) in [4.78, 5) is 0. The van der Waals surface area contributed by atoms with Gasteiger partial charge in [-0.05, 0) is 66.8 Å². The van der Waals surface area contributed by atoms with Crippen molar-refractivity contribution in [2.75, 3.05) is 11.0 Å². The number of anilines is 1. The van der Waals surface area contributed by atoms with Crippen LogP contribution in [-0.2, 0) is 16.4 Å². The van der Waals surface area contributed by atoms with Gasteiger partial charge in [-0.1, -0.05) is 6.07 Å². The van der Waals surface area contributed by atoms with Gasteiger partial charge in [0.15, 0.2) is 0 Å². The van der Waals surface area contributed by atoms with Gasteiger partial charge < -0.3 is 10.2 Å². The number of phenols is 2. The molecule has 0 saturated heterocycles. The van der Waals surface area contributed by atoms with E-state index in [4.69, 9.17) is 0 Å². The van der Waals surface area contributed by atoms with Crippen molar-refractivity contribution < 1.29 is 18.6 Å². The minimum atomic E-state index is -3.45. The van der Waals surface area contributed by atoms with Gasteiger partial charge in [-0.2, -0.15) is 0 Å². The molecule has 0 heterocycles. The van der Waals surface area contributed by atoms with E-state index in [-0.39, 0.29) is 17.2 Å². The van der Waals surface area contributed by atoms with Crippen molar-refractivity contribution in [3.05, 3.63) is 52.6 Å². The average Bonchev–Trinajstić information content (AvgIpc) is 2.35. The van der Waals surface area contributed by atoms with Crippen LogP contribution in [0.3, 0.4) is 0 Å². The second-order valence-electron chi connectivity index (χ2n) is 5.46. The normalized spacial score (nSPS) is 11.4. The molecule has 6 heteroatoms. The lowest BCUT2D eigenvalue weighted by molar-refractivity contribution is 0.474. The lowest BCUT2D eigenvalue weighted by Gasteiger charge is -2.13. The standard InChI is InChI=1S/C16H19NO4S/c1-10-6-13(18)7-11(2)14(10)8-12-4-5-16(19)15(9-12)17-22(3,20)21/h4-7,9,17-19H,8H2,1-3H3. The van der Waals surface area contributed by atoms with Crippen molar-refractivity contribution in [3.63, 3.8) is 0 Å². The van der Waals surface area contributed by atoms with Crippen molar-refractivity contribution in [2.45, 2.75) is 20.3 Å². The van der Waals surface area contributed by atoms with Crippen molar-refractivity contribution in [3.8, 4) is 11.5 Å². The van der Waals surface area contributed by atoms with E-state index >= 15 is 0 Å². The number of rotatable bonds is 4. The lowest BCUT2D eigenvalue weighted by Crippen LogP contribution is -2.10. The Labute approximate surface area is 130 Å². The monoisotopic (exact) mass is 321 g/mol. The topological polar surface area (TPSA) is 86.6 Å². The fourth-order valence-corrected chi connectivity index (χ4v) is 2.99. The van der Waals surface area contributed by atoms with E-state index in [1.807, 2.05) is 13.8 Å². The van der Waals surface area contributed by atoms with Gasteiger partial charge in [0.05, 0.1) is 11.9 Å². The van der Waals surface area contributed by atoms with Crippen LogP contribution in [0.5, 0.6) is 11.5 Å². The Balaban J connectivity index is 2.37. The Bertz CT molecular complexity index is 790. The van der Waals surface area contributed by atoms with E-state index in [1.54, 1.807) is 24.3 Å². The van der Waals surface area contributed by atoms with Crippen LogP contribution in [0, 0.1) is 13.8 Å². The largest absolute Gasteiger partial charge is 0.508 e. The third kappa shape index (κ3) is 3.92. The minimum Gasteiger partial charge on any atom is -0.508 e. The molecule has 3 N–H and O–H groups in total. The molecule has 2 rings (SSSR count). The molecule has 0 aliphatic rings. The van der Waals surface area contributed by atoms with Gasteiger partial charge in [-0.3, -0.25) is 4.72 Å². The highest BCUT2D eigenvalue weighted by Gasteiger charge is 2.10.